The van der Waals surface area contributed by atoms with E-state index in [9.17, 15) is 0 Å². The van der Waals surface area contributed by atoms with E-state index in [0.29, 0.717) is 49.8 Å². The van der Waals surface area contributed by atoms with Gasteiger partial charge < -0.3 is 10.6 Å². The van der Waals surface area contributed by atoms with Crippen molar-refractivity contribution in [2.75, 3.05) is 10.6 Å². The minimum absolute atomic E-state index is 0.290. The molecule has 0 atom stereocenters. The van der Waals surface area contributed by atoms with Crippen LogP contribution in [0.3, 0.4) is 0 Å². The van der Waals surface area contributed by atoms with E-state index in [4.69, 9.17) is 70.2 Å². The molecular formula is C21H15Cl5N6S. The SMILES string of the molecule is S=C(Nc1ccn(Cc2c(Cl)cccc2Cl)n1)Nc1nn(Cc2ccc(Cl)c(Cl)c2)cc1Cl. The molecular weight excluding hydrogens is 546 g/mol. The van der Waals surface area contributed by atoms with Gasteiger partial charge in [-0.2, -0.15) is 10.2 Å². The van der Waals surface area contributed by atoms with Gasteiger partial charge in [-0.1, -0.05) is 70.1 Å². The second-order valence-electron chi connectivity index (χ2n) is 6.95. The predicted molar refractivity (Wildman–Crippen MR) is 140 cm³/mol. The highest BCUT2D eigenvalue weighted by Crippen LogP contribution is 2.26. The van der Waals surface area contributed by atoms with Gasteiger partial charge in [-0.15, -0.1) is 0 Å². The van der Waals surface area contributed by atoms with Crippen LogP contribution in [0.2, 0.25) is 25.1 Å². The molecule has 0 aliphatic carbocycles. The first kappa shape index (κ1) is 24.1. The van der Waals surface area contributed by atoms with Crippen molar-refractivity contribution in [2.24, 2.45) is 0 Å². The van der Waals surface area contributed by atoms with Gasteiger partial charge in [0.25, 0.3) is 0 Å². The quantitative estimate of drug-likeness (QED) is 0.243. The summed E-state index contributed by atoms with van der Waals surface area (Å²) in [5.74, 6) is 0.957. The number of hydrogen-bond acceptors (Lipinski definition) is 3. The molecule has 0 unspecified atom stereocenters. The Morgan fingerprint density at radius 1 is 0.788 bits per heavy atom. The molecule has 2 aromatic carbocycles. The van der Waals surface area contributed by atoms with E-state index in [2.05, 4.69) is 20.8 Å². The Bertz CT molecular complexity index is 1300. The van der Waals surface area contributed by atoms with Crippen LogP contribution in [-0.4, -0.2) is 24.7 Å². The van der Waals surface area contributed by atoms with E-state index >= 15 is 0 Å². The number of benzene rings is 2. The molecule has 0 bridgehead atoms. The van der Waals surface area contributed by atoms with Crippen LogP contribution in [0.15, 0.2) is 54.9 Å². The topological polar surface area (TPSA) is 59.7 Å². The fourth-order valence-electron chi connectivity index (χ4n) is 3.00. The fourth-order valence-corrected chi connectivity index (χ4v) is 4.24. The van der Waals surface area contributed by atoms with Crippen molar-refractivity contribution in [2.45, 2.75) is 13.1 Å². The lowest BCUT2D eigenvalue weighted by atomic mass is 10.2. The van der Waals surface area contributed by atoms with Crippen LogP contribution in [-0.2, 0) is 13.1 Å². The molecule has 0 aliphatic heterocycles. The van der Waals surface area contributed by atoms with Crippen LogP contribution in [0.4, 0.5) is 11.6 Å². The van der Waals surface area contributed by atoms with Crippen LogP contribution >= 0.6 is 70.2 Å². The maximum atomic E-state index is 6.31. The van der Waals surface area contributed by atoms with Gasteiger partial charge in [-0.05, 0) is 42.0 Å². The number of nitrogens with one attached hydrogen (secondary N) is 2. The molecule has 2 N–H and O–H groups in total. The molecule has 33 heavy (non-hydrogen) atoms. The van der Waals surface area contributed by atoms with Gasteiger partial charge in [0.2, 0.25) is 0 Å². The number of halogens is 5. The van der Waals surface area contributed by atoms with Crippen molar-refractivity contribution < 1.29 is 0 Å². The van der Waals surface area contributed by atoms with Crippen molar-refractivity contribution in [3.8, 4) is 0 Å². The Labute approximate surface area is 220 Å². The Hall–Kier alpha value is -2.00. The molecule has 12 heteroatoms. The summed E-state index contributed by atoms with van der Waals surface area (Å²) >= 11 is 36.2. The predicted octanol–water partition coefficient (Wildman–Crippen LogP) is 7.25. The largest absolute Gasteiger partial charge is 0.316 e. The Kier molecular flexibility index (Phi) is 7.69. The highest BCUT2D eigenvalue weighted by molar-refractivity contribution is 7.80. The van der Waals surface area contributed by atoms with Crippen LogP contribution < -0.4 is 10.6 Å². The first-order chi connectivity index (χ1) is 15.8. The fraction of sp³-hybridized carbons (Fsp3) is 0.0952. The van der Waals surface area contributed by atoms with Gasteiger partial charge in [0, 0.05) is 34.1 Å². The van der Waals surface area contributed by atoms with Gasteiger partial charge in [-0.25, -0.2) is 0 Å². The van der Waals surface area contributed by atoms with E-state index in [1.54, 1.807) is 58.2 Å². The maximum Gasteiger partial charge on any atom is 0.177 e. The van der Waals surface area contributed by atoms with Crippen LogP contribution in [0.1, 0.15) is 11.1 Å². The number of nitrogens with zero attached hydrogens (tertiary/aromatic N) is 4. The molecule has 0 saturated heterocycles. The van der Waals surface area contributed by atoms with Crippen molar-refractivity contribution in [3.63, 3.8) is 0 Å². The van der Waals surface area contributed by atoms with Gasteiger partial charge in [-0.3, -0.25) is 9.36 Å². The normalized spacial score (nSPS) is 10.9. The summed E-state index contributed by atoms with van der Waals surface area (Å²) in [6, 6.07) is 12.5. The summed E-state index contributed by atoms with van der Waals surface area (Å²) in [7, 11) is 0. The number of anilines is 2. The zero-order chi connectivity index (χ0) is 23.5. The lowest BCUT2D eigenvalue weighted by Crippen LogP contribution is -2.20. The van der Waals surface area contributed by atoms with Gasteiger partial charge in [0.1, 0.15) is 5.02 Å². The summed E-state index contributed by atoms with van der Waals surface area (Å²) in [4.78, 5) is 0. The van der Waals surface area contributed by atoms with Crippen molar-refractivity contribution >= 4 is 87.0 Å². The molecule has 6 nitrogen and oxygen atoms in total. The summed E-state index contributed by atoms with van der Waals surface area (Å²) in [6.07, 6.45) is 3.49. The van der Waals surface area contributed by atoms with E-state index in [1.165, 1.54) is 0 Å². The zero-order valence-corrected chi connectivity index (χ0v) is 21.3. The molecule has 170 valence electrons. The Balaban J connectivity index is 1.38. The number of rotatable bonds is 6. The van der Waals surface area contributed by atoms with E-state index in [1.807, 2.05) is 6.07 Å². The minimum atomic E-state index is 0.290. The summed E-state index contributed by atoms with van der Waals surface area (Å²) < 4.78 is 3.38. The molecule has 4 rings (SSSR count). The van der Waals surface area contributed by atoms with Crippen LogP contribution in [0.25, 0.3) is 0 Å². The number of thiocarbonyl (C=S) groups is 1. The average molecular weight is 561 g/mol. The van der Waals surface area contributed by atoms with Gasteiger partial charge in [0.15, 0.2) is 16.7 Å². The van der Waals surface area contributed by atoms with Crippen LogP contribution in [0.5, 0.6) is 0 Å². The maximum absolute atomic E-state index is 6.31. The van der Waals surface area contributed by atoms with Gasteiger partial charge >= 0.3 is 0 Å². The molecule has 0 fully saturated rings. The van der Waals surface area contributed by atoms with E-state index in [0.717, 1.165) is 11.1 Å². The van der Waals surface area contributed by atoms with Gasteiger partial charge in [0.05, 0.1) is 23.1 Å². The average Bonchev–Trinajstić information content (AvgIpc) is 3.33. The summed E-state index contributed by atoms with van der Waals surface area (Å²) in [5, 5.41) is 17.7. The lowest BCUT2D eigenvalue weighted by Gasteiger charge is -2.08. The highest BCUT2D eigenvalue weighted by Gasteiger charge is 2.12. The second kappa shape index (κ2) is 10.5. The third kappa shape index (κ3) is 6.12. The van der Waals surface area contributed by atoms with E-state index in [-0.39, 0.29) is 5.11 Å². The second-order valence-corrected chi connectivity index (χ2v) is 9.39. The first-order valence-corrected chi connectivity index (χ1v) is 11.8. The van der Waals surface area contributed by atoms with Crippen molar-refractivity contribution in [1.82, 2.24) is 19.6 Å². The van der Waals surface area contributed by atoms with Crippen molar-refractivity contribution in [3.05, 3.63) is 91.1 Å². The molecule has 4 aromatic rings. The molecule has 0 spiro atoms. The minimum Gasteiger partial charge on any atom is -0.316 e. The lowest BCUT2D eigenvalue weighted by molar-refractivity contribution is 0.689. The molecule has 2 aromatic heterocycles. The smallest absolute Gasteiger partial charge is 0.177 e. The third-order valence-corrected chi connectivity index (χ3v) is 6.47. The zero-order valence-electron chi connectivity index (χ0n) is 16.7. The molecule has 0 amide bonds. The van der Waals surface area contributed by atoms with E-state index < -0.39 is 0 Å². The molecule has 0 aliphatic rings. The third-order valence-electron chi connectivity index (χ3n) is 4.54. The molecule has 2 heterocycles. The van der Waals surface area contributed by atoms with Crippen LogP contribution in [0, 0.1) is 0 Å². The van der Waals surface area contributed by atoms with Crippen molar-refractivity contribution in [1.29, 1.82) is 0 Å². The summed E-state index contributed by atoms with van der Waals surface area (Å²) in [6.45, 7) is 0.888. The number of hydrogen-bond donors (Lipinski definition) is 2. The monoisotopic (exact) mass is 558 g/mol. The Morgan fingerprint density at radius 2 is 1.55 bits per heavy atom. The standard InChI is InChI=1S/C21H15Cl5N6S/c22-14-2-1-3-15(23)13(14)10-31-7-6-19(29-31)27-21(33)28-20-18(26)11-32(30-20)9-12-4-5-16(24)17(25)8-12/h1-8,11H,9-10H2,(H2,27,28,29,30,33). The molecule has 0 saturated carbocycles. The number of aromatic nitrogens is 4. The highest BCUT2D eigenvalue weighted by atomic mass is 35.5. The summed E-state index contributed by atoms with van der Waals surface area (Å²) in [5.41, 5.74) is 1.72. The molecule has 0 radical (unpaired) electrons. The Morgan fingerprint density at radius 3 is 2.27 bits per heavy atom. The first-order valence-electron chi connectivity index (χ1n) is 9.49.